The van der Waals surface area contributed by atoms with Crippen molar-refractivity contribution in [2.75, 3.05) is 6.61 Å². The Balaban J connectivity index is 2.38. The fourth-order valence-corrected chi connectivity index (χ4v) is 1.72. The molecule has 0 aromatic carbocycles. The quantitative estimate of drug-likeness (QED) is 0.591. The second kappa shape index (κ2) is 4.75. The minimum absolute atomic E-state index is 0.0254. The molecule has 0 heterocycles. The van der Waals surface area contributed by atoms with E-state index in [1.807, 2.05) is 6.92 Å². The summed E-state index contributed by atoms with van der Waals surface area (Å²) in [4.78, 5) is 11.6. The third-order valence-corrected chi connectivity index (χ3v) is 2.94. The number of aliphatic hydroxyl groups excluding tert-OH is 1. The van der Waals surface area contributed by atoms with Crippen molar-refractivity contribution in [2.24, 2.45) is 5.73 Å². The summed E-state index contributed by atoms with van der Waals surface area (Å²) in [6.45, 7) is 2.02. The maximum Gasteiger partial charge on any atom is 0.237 e. The molecule has 0 spiro atoms. The van der Waals surface area contributed by atoms with Gasteiger partial charge in [-0.25, -0.2) is 0 Å². The molecule has 1 fully saturated rings. The van der Waals surface area contributed by atoms with Gasteiger partial charge in [0.1, 0.15) is 0 Å². The second-order valence-electron chi connectivity index (χ2n) is 4.18. The van der Waals surface area contributed by atoms with E-state index in [9.17, 15) is 4.79 Å². The Morgan fingerprint density at radius 2 is 2.29 bits per heavy atom. The topological polar surface area (TPSA) is 75.4 Å². The zero-order valence-electron chi connectivity index (χ0n) is 8.75. The number of nitrogens with one attached hydrogen (secondary N) is 1. The van der Waals surface area contributed by atoms with Gasteiger partial charge in [0.25, 0.3) is 0 Å². The Kier molecular flexibility index (Phi) is 3.89. The molecule has 0 aromatic heterocycles. The van der Waals surface area contributed by atoms with E-state index in [2.05, 4.69) is 5.32 Å². The predicted molar refractivity (Wildman–Crippen MR) is 54.7 cm³/mol. The molecule has 82 valence electrons. The molecule has 1 aliphatic carbocycles. The smallest absolute Gasteiger partial charge is 0.237 e. The first-order valence-corrected chi connectivity index (χ1v) is 5.32. The van der Waals surface area contributed by atoms with E-state index >= 15 is 0 Å². The van der Waals surface area contributed by atoms with Crippen LogP contribution in [0, 0.1) is 0 Å². The van der Waals surface area contributed by atoms with E-state index in [-0.39, 0.29) is 18.1 Å². The van der Waals surface area contributed by atoms with Crippen molar-refractivity contribution >= 4 is 5.91 Å². The van der Waals surface area contributed by atoms with Crippen molar-refractivity contribution in [2.45, 2.75) is 50.6 Å². The molecule has 0 bridgehead atoms. The van der Waals surface area contributed by atoms with Crippen LogP contribution in [-0.4, -0.2) is 29.2 Å². The number of aliphatic hydroxyl groups is 1. The highest BCUT2D eigenvalue weighted by Crippen LogP contribution is 2.31. The largest absolute Gasteiger partial charge is 0.394 e. The van der Waals surface area contributed by atoms with Gasteiger partial charge < -0.3 is 16.2 Å². The number of carbonyl (C=O) groups excluding carboxylic acids is 1. The van der Waals surface area contributed by atoms with Crippen molar-refractivity contribution in [1.82, 2.24) is 5.32 Å². The monoisotopic (exact) mass is 200 g/mol. The predicted octanol–water partition coefficient (Wildman–Crippen LogP) is 0.145. The summed E-state index contributed by atoms with van der Waals surface area (Å²) in [5.74, 6) is -0.124. The van der Waals surface area contributed by atoms with Gasteiger partial charge in [0, 0.05) is 0 Å². The summed E-state index contributed by atoms with van der Waals surface area (Å²) < 4.78 is 0. The fraction of sp³-hybridized carbons (Fsp3) is 0.900. The highest BCUT2D eigenvalue weighted by molar-refractivity contribution is 5.82. The third kappa shape index (κ3) is 2.45. The van der Waals surface area contributed by atoms with Gasteiger partial charge in [0.05, 0.1) is 18.2 Å². The zero-order valence-corrected chi connectivity index (χ0v) is 8.75. The lowest BCUT2D eigenvalue weighted by molar-refractivity contribution is -0.126. The summed E-state index contributed by atoms with van der Waals surface area (Å²) >= 11 is 0. The van der Waals surface area contributed by atoms with Crippen LogP contribution in [0.5, 0.6) is 0 Å². The second-order valence-corrected chi connectivity index (χ2v) is 4.18. The molecular formula is C10H20N2O2. The standard InChI is InChI=1S/C10H20N2O2/c1-2-4-8(11)9(14)12-10(7-13)5-3-6-10/h8,13H,2-7,11H2,1H3,(H,12,14)/t8-/m0/s1. The minimum Gasteiger partial charge on any atom is -0.394 e. The average molecular weight is 200 g/mol. The molecule has 0 radical (unpaired) electrons. The first kappa shape index (κ1) is 11.5. The molecule has 1 rings (SSSR count). The summed E-state index contributed by atoms with van der Waals surface area (Å²) in [6.07, 6.45) is 4.42. The average Bonchev–Trinajstić information content (AvgIpc) is 2.11. The molecule has 4 nitrogen and oxygen atoms in total. The van der Waals surface area contributed by atoms with E-state index < -0.39 is 6.04 Å². The third-order valence-electron chi connectivity index (χ3n) is 2.94. The van der Waals surface area contributed by atoms with Gasteiger partial charge in [-0.1, -0.05) is 13.3 Å². The van der Waals surface area contributed by atoms with Crippen molar-refractivity contribution in [1.29, 1.82) is 0 Å². The summed E-state index contributed by atoms with van der Waals surface area (Å²) in [6, 6.07) is -0.427. The SMILES string of the molecule is CCC[C@H](N)C(=O)NC1(CO)CCC1. The number of rotatable bonds is 5. The van der Waals surface area contributed by atoms with Gasteiger partial charge in [-0.05, 0) is 25.7 Å². The lowest BCUT2D eigenvalue weighted by Crippen LogP contribution is -2.59. The molecule has 4 heteroatoms. The highest BCUT2D eigenvalue weighted by Gasteiger charge is 2.38. The Labute approximate surface area is 84.9 Å². The van der Waals surface area contributed by atoms with Crippen LogP contribution in [0.3, 0.4) is 0 Å². The number of hydrogen-bond acceptors (Lipinski definition) is 3. The number of nitrogens with two attached hydrogens (primary N) is 1. The van der Waals surface area contributed by atoms with Crippen LogP contribution in [-0.2, 0) is 4.79 Å². The molecule has 0 aromatic rings. The van der Waals surface area contributed by atoms with Crippen LogP contribution in [0.25, 0.3) is 0 Å². The van der Waals surface area contributed by atoms with E-state index in [0.717, 1.165) is 25.7 Å². The summed E-state index contributed by atoms with van der Waals surface area (Å²) in [5, 5.41) is 12.0. The maximum absolute atomic E-state index is 11.6. The Morgan fingerprint density at radius 1 is 1.64 bits per heavy atom. The summed E-state index contributed by atoms with van der Waals surface area (Å²) in [5.41, 5.74) is 5.32. The molecular weight excluding hydrogens is 180 g/mol. The van der Waals surface area contributed by atoms with Crippen molar-refractivity contribution in [3.8, 4) is 0 Å². The normalized spacial score (nSPS) is 21.1. The minimum atomic E-state index is -0.427. The molecule has 1 aliphatic rings. The van der Waals surface area contributed by atoms with Crippen LogP contribution in [0.1, 0.15) is 39.0 Å². The van der Waals surface area contributed by atoms with Gasteiger partial charge in [-0.3, -0.25) is 4.79 Å². The van der Waals surface area contributed by atoms with E-state index in [1.165, 1.54) is 0 Å². The number of amides is 1. The van der Waals surface area contributed by atoms with Gasteiger partial charge in [0.2, 0.25) is 5.91 Å². The Hall–Kier alpha value is -0.610. The van der Waals surface area contributed by atoms with E-state index in [4.69, 9.17) is 10.8 Å². The molecule has 4 N–H and O–H groups in total. The highest BCUT2D eigenvalue weighted by atomic mass is 16.3. The van der Waals surface area contributed by atoms with Crippen LogP contribution < -0.4 is 11.1 Å². The van der Waals surface area contributed by atoms with Crippen molar-refractivity contribution < 1.29 is 9.90 Å². The Morgan fingerprint density at radius 3 is 2.64 bits per heavy atom. The lowest BCUT2D eigenvalue weighted by Gasteiger charge is -2.41. The number of carbonyl (C=O) groups is 1. The van der Waals surface area contributed by atoms with Crippen LogP contribution >= 0.6 is 0 Å². The molecule has 1 amide bonds. The Bertz CT molecular complexity index is 197. The molecule has 0 aliphatic heterocycles. The first-order chi connectivity index (χ1) is 6.63. The molecule has 1 atom stereocenters. The fourth-order valence-electron chi connectivity index (χ4n) is 1.72. The van der Waals surface area contributed by atoms with Crippen molar-refractivity contribution in [3.05, 3.63) is 0 Å². The van der Waals surface area contributed by atoms with Gasteiger partial charge in [-0.15, -0.1) is 0 Å². The van der Waals surface area contributed by atoms with Crippen LogP contribution in [0.2, 0.25) is 0 Å². The lowest BCUT2D eigenvalue weighted by atomic mass is 9.77. The van der Waals surface area contributed by atoms with Crippen LogP contribution in [0.15, 0.2) is 0 Å². The van der Waals surface area contributed by atoms with Gasteiger partial charge in [-0.2, -0.15) is 0 Å². The molecule has 14 heavy (non-hydrogen) atoms. The number of hydrogen-bond donors (Lipinski definition) is 3. The summed E-state index contributed by atoms with van der Waals surface area (Å²) in [7, 11) is 0. The maximum atomic E-state index is 11.6. The molecule has 0 saturated heterocycles. The molecule has 1 saturated carbocycles. The van der Waals surface area contributed by atoms with Gasteiger partial charge >= 0.3 is 0 Å². The zero-order chi connectivity index (χ0) is 10.6. The van der Waals surface area contributed by atoms with Gasteiger partial charge in [0.15, 0.2) is 0 Å². The van der Waals surface area contributed by atoms with E-state index in [0.29, 0.717) is 6.42 Å². The van der Waals surface area contributed by atoms with Crippen molar-refractivity contribution in [3.63, 3.8) is 0 Å². The molecule has 0 unspecified atom stereocenters. The van der Waals surface area contributed by atoms with E-state index in [1.54, 1.807) is 0 Å². The first-order valence-electron chi connectivity index (χ1n) is 5.32. The van der Waals surface area contributed by atoms with Crippen LogP contribution in [0.4, 0.5) is 0 Å².